The van der Waals surface area contributed by atoms with Crippen molar-refractivity contribution in [1.82, 2.24) is 4.98 Å². The monoisotopic (exact) mass is 274 g/mol. The Morgan fingerprint density at radius 3 is 2.53 bits per heavy atom. The molecule has 0 aliphatic heterocycles. The Hall–Kier alpha value is -1.54. The average molecular weight is 275 g/mol. The first-order valence-electron chi connectivity index (χ1n) is 6.65. The molecule has 1 aromatic carbocycles. The summed E-state index contributed by atoms with van der Waals surface area (Å²) in [5, 5.41) is 4.11. The molecule has 100 valence electrons. The molecule has 1 unspecified atom stereocenters. The van der Waals surface area contributed by atoms with Gasteiger partial charge in [0.2, 0.25) is 0 Å². The van der Waals surface area contributed by atoms with E-state index in [1.165, 1.54) is 5.56 Å². The third-order valence-corrected chi connectivity index (χ3v) is 3.37. The molecule has 0 saturated heterocycles. The topological polar surface area (TPSA) is 24.9 Å². The summed E-state index contributed by atoms with van der Waals surface area (Å²) >= 11 is 5.89. The van der Waals surface area contributed by atoms with Crippen LogP contribution in [-0.4, -0.2) is 4.98 Å². The van der Waals surface area contributed by atoms with Crippen molar-refractivity contribution in [3.63, 3.8) is 0 Å². The summed E-state index contributed by atoms with van der Waals surface area (Å²) in [5.74, 6) is 0. The van der Waals surface area contributed by atoms with Crippen LogP contribution in [0.2, 0.25) is 5.15 Å². The van der Waals surface area contributed by atoms with Gasteiger partial charge in [-0.25, -0.2) is 4.98 Å². The SMILES string of the molecule is CCCC(Nc1ccc(Cl)nc1C)c1ccccc1. The molecule has 1 heterocycles. The fraction of sp³-hybridized carbons (Fsp3) is 0.312. The van der Waals surface area contributed by atoms with Crippen LogP contribution in [0, 0.1) is 6.92 Å². The summed E-state index contributed by atoms with van der Waals surface area (Å²) in [4.78, 5) is 4.28. The number of hydrogen-bond acceptors (Lipinski definition) is 2. The lowest BCUT2D eigenvalue weighted by atomic mass is 10.0. The molecule has 0 bridgehead atoms. The van der Waals surface area contributed by atoms with E-state index in [0.717, 1.165) is 24.2 Å². The van der Waals surface area contributed by atoms with Gasteiger partial charge in [-0.2, -0.15) is 0 Å². The normalized spacial score (nSPS) is 12.2. The second-order valence-corrected chi connectivity index (χ2v) is 5.05. The van der Waals surface area contributed by atoms with E-state index in [1.54, 1.807) is 0 Å². The molecule has 2 aromatic rings. The number of hydrogen-bond donors (Lipinski definition) is 1. The van der Waals surface area contributed by atoms with E-state index in [1.807, 2.05) is 25.1 Å². The second-order valence-electron chi connectivity index (χ2n) is 4.66. The molecular weight excluding hydrogens is 256 g/mol. The Kier molecular flexibility index (Phi) is 4.80. The fourth-order valence-electron chi connectivity index (χ4n) is 2.17. The summed E-state index contributed by atoms with van der Waals surface area (Å²) in [5.41, 5.74) is 3.29. The van der Waals surface area contributed by atoms with Crippen LogP contribution in [0.5, 0.6) is 0 Å². The van der Waals surface area contributed by atoms with Gasteiger partial charge in [0.15, 0.2) is 0 Å². The molecule has 1 atom stereocenters. The zero-order valence-electron chi connectivity index (χ0n) is 11.4. The molecule has 1 aromatic heterocycles. The first-order chi connectivity index (χ1) is 9.20. The lowest BCUT2D eigenvalue weighted by Gasteiger charge is -2.21. The molecule has 2 nitrogen and oxygen atoms in total. The summed E-state index contributed by atoms with van der Waals surface area (Å²) in [6.45, 7) is 4.17. The number of rotatable bonds is 5. The van der Waals surface area contributed by atoms with Crippen molar-refractivity contribution in [1.29, 1.82) is 0 Å². The molecular formula is C16H19ClN2. The Morgan fingerprint density at radius 2 is 1.89 bits per heavy atom. The van der Waals surface area contributed by atoms with Crippen molar-refractivity contribution in [2.24, 2.45) is 0 Å². The lowest BCUT2D eigenvalue weighted by molar-refractivity contribution is 0.676. The van der Waals surface area contributed by atoms with Gasteiger partial charge in [-0.3, -0.25) is 0 Å². The van der Waals surface area contributed by atoms with Gasteiger partial charge in [0.25, 0.3) is 0 Å². The molecule has 0 radical (unpaired) electrons. The molecule has 19 heavy (non-hydrogen) atoms. The number of nitrogens with zero attached hydrogens (tertiary/aromatic N) is 1. The predicted molar refractivity (Wildman–Crippen MR) is 81.7 cm³/mol. The van der Waals surface area contributed by atoms with Crippen LogP contribution in [0.15, 0.2) is 42.5 Å². The van der Waals surface area contributed by atoms with Gasteiger partial charge in [0, 0.05) is 0 Å². The Balaban J connectivity index is 2.21. The van der Waals surface area contributed by atoms with Crippen molar-refractivity contribution >= 4 is 17.3 Å². The second kappa shape index (κ2) is 6.58. The van der Waals surface area contributed by atoms with Crippen LogP contribution in [0.1, 0.15) is 37.1 Å². The van der Waals surface area contributed by atoms with Crippen LogP contribution in [0.25, 0.3) is 0 Å². The first kappa shape index (κ1) is 13.9. The zero-order valence-corrected chi connectivity index (χ0v) is 12.1. The van der Waals surface area contributed by atoms with Gasteiger partial charge in [-0.05, 0) is 31.0 Å². The molecule has 0 spiro atoms. The van der Waals surface area contributed by atoms with Gasteiger partial charge in [-0.1, -0.05) is 55.3 Å². The first-order valence-corrected chi connectivity index (χ1v) is 7.03. The summed E-state index contributed by atoms with van der Waals surface area (Å²) in [7, 11) is 0. The van der Waals surface area contributed by atoms with Crippen molar-refractivity contribution in [3.8, 4) is 0 Å². The zero-order chi connectivity index (χ0) is 13.7. The summed E-state index contributed by atoms with van der Waals surface area (Å²) < 4.78 is 0. The highest BCUT2D eigenvalue weighted by molar-refractivity contribution is 6.29. The number of pyridine rings is 1. The molecule has 1 N–H and O–H groups in total. The molecule has 2 rings (SSSR count). The number of aryl methyl sites for hydroxylation is 1. The molecule has 0 amide bonds. The molecule has 0 aliphatic carbocycles. The van der Waals surface area contributed by atoms with Crippen molar-refractivity contribution in [3.05, 3.63) is 58.9 Å². The number of aromatic nitrogens is 1. The van der Waals surface area contributed by atoms with E-state index in [0.29, 0.717) is 11.2 Å². The maximum absolute atomic E-state index is 5.89. The molecule has 0 aliphatic rings. The standard InChI is InChI=1S/C16H19ClN2/c1-3-7-15(13-8-5-4-6-9-13)19-14-10-11-16(17)18-12(14)2/h4-6,8-11,15,19H,3,7H2,1-2H3. The predicted octanol–water partition coefficient (Wildman–Crippen LogP) is 5.00. The van der Waals surface area contributed by atoms with Crippen LogP contribution < -0.4 is 5.32 Å². The lowest BCUT2D eigenvalue weighted by Crippen LogP contribution is -2.11. The van der Waals surface area contributed by atoms with E-state index in [2.05, 4.69) is 41.5 Å². The number of halogens is 1. The average Bonchev–Trinajstić information content (AvgIpc) is 2.42. The maximum atomic E-state index is 5.89. The Bertz CT molecular complexity index is 526. The third-order valence-electron chi connectivity index (χ3n) is 3.16. The summed E-state index contributed by atoms with van der Waals surface area (Å²) in [6.07, 6.45) is 2.22. The minimum Gasteiger partial charge on any atom is -0.377 e. The Labute approximate surface area is 119 Å². The van der Waals surface area contributed by atoms with Crippen LogP contribution in [0.3, 0.4) is 0 Å². The largest absolute Gasteiger partial charge is 0.377 e. The van der Waals surface area contributed by atoms with Crippen LogP contribution in [-0.2, 0) is 0 Å². The summed E-state index contributed by atoms with van der Waals surface area (Å²) in [6, 6.07) is 14.6. The van der Waals surface area contributed by atoms with Gasteiger partial charge < -0.3 is 5.32 Å². The highest BCUT2D eigenvalue weighted by atomic mass is 35.5. The molecule has 0 fully saturated rings. The van der Waals surface area contributed by atoms with Gasteiger partial charge in [-0.15, -0.1) is 0 Å². The van der Waals surface area contributed by atoms with Gasteiger partial charge >= 0.3 is 0 Å². The van der Waals surface area contributed by atoms with E-state index in [4.69, 9.17) is 11.6 Å². The molecule has 3 heteroatoms. The van der Waals surface area contributed by atoms with E-state index >= 15 is 0 Å². The van der Waals surface area contributed by atoms with E-state index in [9.17, 15) is 0 Å². The van der Waals surface area contributed by atoms with Gasteiger partial charge in [0.1, 0.15) is 5.15 Å². The smallest absolute Gasteiger partial charge is 0.129 e. The number of nitrogens with one attached hydrogen (secondary N) is 1. The van der Waals surface area contributed by atoms with E-state index in [-0.39, 0.29) is 0 Å². The quantitative estimate of drug-likeness (QED) is 0.777. The highest BCUT2D eigenvalue weighted by Gasteiger charge is 2.11. The van der Waals surface area contributed by atoms with Crippen molar-refractivity contribution < 1.29 is 0 Å². The fourth-order valence-corrected chi connectivity index (χ4v) is 2.36. The van der Waals surface area contributed by atoms with Crippen LogP contribution in [0.4, 0.5) is 5.69 Å². The van der Waals surface area contributed by atoms with E-state index < -0.39 is 0 Å². The van der Waals surface area contributed by atoms with Crippen LogP contribution >= 0.6 is 11.6 Å². The minimum absolute atomic E-state index is 0.313. The minimum atomic E-state index is 0.313. The third kappa shape index (κ3) is 3.71. The maximum Gasteiger partial charge on any atom is 0.129 e. The van der Waals surface area contributed by atoms with Crippen molar-refractivity contribution in [2.45, 2.75) is 32.7 Å². The van der Waals surface area contributed by atoms with Crippen molar-refractivity contribution in [2.75, 3.05) is 5.32 Å². The number of anilines is 1. The Morgan fingerprint density at radius 1 is 1.16 bits per heavy atom. The number of benzene rings is 1. The van der Waals surface area contributed by atoms with Gasteiger partial charge in [0.05, 0.1) is 17.4 Å². The highest BCUT2D eigenvalue weighted by Crippen LogP contribution is 2.25. The molecule has 0 saturated carbocycles.